The number of nitrogens with zero attached hydrogens (tertiary/aromatic N) is 1. The summed E-state index contributed by atoms with van der Waals surface area (Å²) in [7, 11) is 0. The van der Waals surface area contributed by atoms with E-state index in [4.69, 9.17) is 4.74 Å². The van der Waals surface area contributed by atoms with Crippen molar-refractivity contribution >= 4 is 0 Å². The smallest absolute Gasteiger partial charge is 0.225 e. The summed E-state index contributed by atoms with van der Waals surface area (Å²) in [4.78, 5) is 1.75. The number of aliphatic hydroxyl groups excluding tert-OH is 1. The minimum absolute atomic E-state index is 0.343. The van der Waals surface area contributed by atoms with Gasteiger partial charge >= 0.3 is 0 Å². The molecule has 2 N–H and O–H groups in total. The highest BCUT2D eigenvalue weighted by Gasteiger charge is 2.38. The van der Waals surface area contributed by atoms with Crippen LogP contribution in [0.3, 0.4) is 0 Å². The Labute approximate surface area is 85.5 Å². The van der Waals surface area contributed by atoms with Crippen LogP contribution in [0.5, 0.6) is 0 Å². The van der Waals surface area contributed by atoms with Crippen molar-refractivity contribution in [1.29, 1.82) is 0 Å². The number of hydrogen-bond donors (Lipinski definition) is 2. The zero-order valence-corrected chi connectivity index (χ0v) is 9.45. The molecule has 0 aromatic carbocycles. The van der Waals surface area contributed by atoms with Gasteiger partial charge in [0.15, 0.2) is 0 Å². The third-order valence-electron chi connectivity index (χ3n) is 2.25. The lowest BCUT2D eigenvalue weighted by atomic mass is 10.2. The summed E-state index contributed by atoms with van der Waals surface area (Å²) >= 11 is 0. The molecule has 0 radical (unpaired) electrons. The average Bonchev–Trinajstić information content (AvgIpc) is 2.29. The van der Waals surface area contributed by atoms with Crippen LogP contribution in [0.15, 0.2) is 0 Å². The molecule has 4 nitrogen and oxygen atoms in total. The molecule has 1 fully saturated rings. The van der Waals surface area contributed by atoms with Crippen molar-refractivity contribution in [2.24, 2.45) is 0 Å². The van der Waals surface area contributed by atoms with Gasteiger partial charge in [0.2, 0.25) is 5.91 Å². The van der Waals surface area contributed by atoms with Crippen LogP contribution in [-0.4, -0.2) is 45.8 Å². The van der Waals surface area contributed by atoms with Gasteiger partial charge in [-0.1, -0.05) is 0 Å². The van der Waals surface area contributed by atoms with Crippen LogP contribution >= 0.6 is 0 Å². The highest BCUT2D eigenvalue weighted by atomic mass is 16.7. The molecular formula is C10H21NO3. The molecule has 2 atom stereocenters. The van der Waals surface area contributed by atoms with Gasteiger partial charge in [-0.05, 0) is 27.2 Å². The van der Waals surface area contributed by atoms with Gasteiger partial charge in [-0.25, -0.2) is 0 Å². The molecule has 84 valence electrons. The first kappa shape index (κ1) is 11.9. The lowest BCUT2D eigenvalue weighted by Crippen LogP contribution is -2.51. The fourth-order valence-electron chi connectivity index (χ4n) is 1.76. The minimum atomic E-state index is -1.28. The quantitative estimate of drug-likeness (QED) is 0.643. The molecule has 1 rings (SSSR count). The fraction of sp³-hybridized carbons (Fsp3) is 1.00. The van der Waals surface area contributed by atoms with E-state index in [9.17, 15) is 10.2 Å². The largest absolute Gasteiger partial charge is 0.392 e. The van der Waals surface area contributed by atoms with Crippen LogP contribution in [-0.2, 0) is 4.74 Å². The number of aliphatic hydroxyl groups is 2. The summed E-state index contributed by atoms with van der Waals surface area (Å²) in [5, 5.41) is 19.4. The molecule has 1 heterocycles. The maximum Gasteiger partial charge on any atom is 0.225 e. The predicted octanol–water partition coefficient (Wildman–Crippen LogP) is 0.534. The van der Waals surface area contributed by atoms with E-state index in [0.29, 0.717) is 19.5 Å². The normalized spacial score (nSPS) is 29.1. The predicted molar refractivity (Wildman–Crippen MR) is 53.7 cm³/mol. The summed E-state index contributed by atoms with van der Waals surface area (Å²) in [5.41, 5.74) is -0.392. The average molecular weight is 203 g/mol. The summed E-state index contributed by atoms with van der Waals surface area (Å²) in [5.74, 6) is -1.28. The van der Waals surface area contributed by atoms with Crippen LogP contribution in [0.4, 0.5) is 0 Å². The van der Waals surface area contributed by atoms with Crippen molar-refractivity contribution in [3.8, 4) is 0 Å². The van der Waals surface area contributed by atoms with Gasteiger partial charge in [0.05, 0.1) is 11.7 Å². The van der Waals surface area contributed by atoms with Crippen molar-refractivity contribution in [2.45, 2.75) is 51.7 Å². The second-order valence-electron chi connectivity index (χ2n) is 5.04. The first-order valence-electron chi connectivity index (χ1n) is 5.06. The van der Waals surface area contributed by atoms with Crippen molar-refractivity contribution in [3.05, 3.63) is 0 Å². The van der Waals surface area contributed by atoms with E-state index in [1.54, 1.807) is 11.8 Å². The van der Waals surface area contributed by atoms with Gasteiger partial charge in [0, 0.05) is 20.0 Å². The van der Waals surface area contributed by atoms with E-state index in [1.807, 2.05) is 20.8 Å². The molecule has 1 unspecified atom stereocenters. The maximum atomic E-state index is 10.1. The van der Waals surface area contributed by atoms with Gasteiger partial charge in [0.1, 0.15) is 0 Å². The number of rotatable bonds is 2. The van der Waals surface area contributed by atoms with Gasteiger partial charge in [0.25, 0.3) is 0 Å². The molecule has 1 aliphatic heterocycles. The number of ether oxygens (including phenoxy) is 1. The Hall–Kier alpha value is -0.160. The fourth-order valence-corrected chi connectivity index (χ4v) is 1.76. The first-order chi connectivity index (χ1) is 6.21. The monoisotopic (exact) mass is 203 g/mol. The highest BCUT2D eigenvalue weighted by molar-refractivity contribution is 4.80. The molecule has 1 saturated heterocycles. The van der Waals surface area contributed by atoms with Gasteiger partial charge in [-0.3, -0.25) is 4.90 Å². The molecule has 0 spiro atoms. The molecular weight excluding hydrogens is 182 g/mol. The molecule has 4 heteroatoms. The lowest BCUT2D eigenvalue weighted by molar-refractivity contribution is -0.314. The van der Waals surface area contributed by atoms with Crippen LogP contribution in [0.25, 0.3) is 0 Å². The molecule has 14 heavy (non-hydrogen) atoms. The van der Waals surface area contributed by atoms with Gasteiger partial charge < -0.3 is 14.9 Å². The summed E-state index contributed by atoms with van der Waals surface area (Å²) in [6, 6.07) is 0. The standard InChI is InChI=1S/C10H21NO3/c1-9(2,3)14-10(4,13)11-6-5-8(12)7-11/h8,12-13H,5-7H2,1-4H3/t8-,10?/m0/s1. The molecule has 0 aromatic rings. The zero-order chi connectivity index (χ0) is 11.0. The van der Waals surface area contributed by atoms with E-state index in [-0.39, 0.29) is 6.10 Å². The highest BCUT2D eigenvalue weighted by Crippen LogP contribution is 2.25. The van der Waals surface area contributed by atoms with Crippen molar-refractivity contribution in [1.82, 2.24) is 4.90 Å². The Morgan fingerprint density at radius 1 is 1.29 bits per heavy atom. The molecule has 0 aromatic heterocycles. The second kappa shape index (κ2) is 3.77. The first-order valence-corrected chi connectivity index (χ1v) is 5.06. The molecule has 0 saturated carbocycles. The summed E-state index contributed by atoms with van der Waals surface area (Å²) < 4.78 is 5.53. The van der Waals surface area contributed by atoms with Crippen LogP contribution < -0.4 is 0 Å². The molecule has 0 aliphatic carbocycles. The Balaban J connectivity index is 2.56. The summed E-state index contributed by atoms with van der Waals surface area (Å²) in [6.07, 6.45) is 0.356. The van der Waals surface area contributed by atoms with Crippen molar-refractivity contribution in [3.63, 3.8) is 0 Å². The molecule has 0 bridgehead atoms. The Morgan fingerprint density at radius 3 is 2.21 bits per heavy atom. The number of likely N-dealkylation sites (tertiary alicyclic amines) is 1. The molecule has 1 aliphatic rings. The number of hydrogen-bond acceptors (Lipinski definition) is 4. The maximum absolute atomic E-state index is 10.1. The van der Waals surface area contributed by atoms with Crippen molar-refractivity contribution in [2.75, 3.05) is 13.1 Å². The number of β-amino-alcohol motifs (C(OH)–C–C–N with tert-alkyl or cyclic N) is 1. The topological polar surface area (TPSA) is 52.9 Å². The van der Waals surface area contributed by atoms with E-state index in [2.05, 4.69) is 0 Å². The van der Waals surface area contributed by atoms with Crippen LogP contribution in [0.2, 0.25) is 0 Å². The Bertz CT molecular complexity index is 198. The van der Waals surface area contributed by atoms with E-state index in [1.165, 1.54) is 0 Å². The lowest BCUT2D eigenvalue weighted by Gasteiger charge is -2.38. The van der Waals surface area contributed by atoms with Gasteiger partial charge in [-0.2, -0.15) is 0 Å². The van der Waals surface area contributed by atoms with E-state index < -0.39 is 11.5 Å². The van der Waals surface area contributed by atoms with Crippen molar-refractivity contribution < 1.29 is 14.9 Å². The second-order valence-corrected chi connectivity index (χ2v) is 5.04. The van der Waals surface area contributed by atoms with Crippen LogP contribution in [0.1, 0.15) is 34.1 Å². The van der Waals surface area contributed by atoms with Gasteiger partial charge in [-0.15, -0.1) is 0 Å². The third kappa shape index (κ3) is 3.20. The Morgan fingerprint density at radius 2 is 1.86 bits per heavy atom. The minimum Gasteiger partial charge on any atom is -0.392 e. The van der Waals surface area contributed by atoms with E-state index >= 15 is 0 Å². The van der Waals surface area contributed by atoms with E-state index in [0.717, 1.165) is 0 Å². The SMILES string of the molecule is CC(C)(C)OC(C)(O)N1CC[C@H](O)C1. The zero-order valence-electron chi connectivity index (χ0n) is 9.45. The summed E-state index contributed by atoms with van der Waals surface area (Å²) in [6.45, 7) is 8.46. The third-order valence-corrected chi connectivity index (χ3v) is 2.25. The molecule has 0 amide bonds. The Kier molecular flexibility index (Phi) is 3.21. The van der Waals surface area contributed by atoms with Crippen LogP contribution in [0, 0.1) is 0 Å².